The average Bonchev–Trinajstić information content (AvgIpc) is 3.04. The Hall–Kier alpha value is -3.52. The Labute approximate surface area is 187 Å². The Balaban J connectivity index is 2.03. The molecular formula is C24H28N2O6. The summed E-state index contributed by atoms with van der Waals surface area (Å²) in [6.45, 7) is 3.01. The summed E-state index contributed by atoms with van der Waals surface area (Å²) in [5.74, 6) is 0.845. The number of carbonyl (C=O) groups is 2. The second-order valence-electron chi connectivity index (χ2n) is 7.08. The number of nitrogens with zero attached hydrogens (tertiary/aromatic N) is 1. The Bertz CT molecular complexity index is 1020. The van der Waals surface area contributed by atoms with E-state index in [-0.39, 0.29) is 24.4 Å². The third-order valence-corrected chi connectivity index (χ3v) is 4.94. The van der Waals surface area contributed by atoms with Gasteiger partial charge in [0.05, 0.1) is 39.6 Å². The Kier molecular flexibility index (Phi) is 7.72. The van der Waals surface area contributed by atoms with E-state index in [1.54, 1.807) is 24.3 Å². The van der Waals surface area contributed by atoms with Crippen LogP contribution in [0, 0.1) is 0 Å². The maximum atomic E-state index is 13.2. The zero-order valence-corrected chi connectivity index (χ0v) is 18.8. The second kappa shape index (κ2) is 10.7. The van der Waals surface area contributed by atoms with Gasteiger partial charge in [0.25, 0.3) is 11.8 Å². The summed E-state index contributed by atoms with van der Waals surface area (Å²) in [6, 6.07) is 12.4. The van der Waals surface area contributed by atoms with Crippen LogP contribution in [0.25, 0.3) is 5.57 Å². The van der Waals surface area contributed by atoms with Crippen molar-refractivity contribution < 1.29 is 28.5 Å². The van der Waals surface area contributed by atoms with Crippen LogP contribution in [0.4, 0.5) is 5.69 Å². The van der Waals surface area contributed by atoms with E-state index in [4.69, 9.17) is 18.9 Å². The lowest BCUT2D eigenvalue weighted by Crippen LogP contribution is -2.35. The lowest BCUT2D eigenvalue weighted by molar-refractivity contribution is -0.137. The third-order valence-electron chi connectivity index (χ3n) is 4.94. The van der Waals surface area contributed by atoms with Crippen LogP contribution < -0.4 is 19.5 Å². The molecule has 8 heteroatoms. The number of benzene rings is 2. The predicted molar refractivity (Wildman–Crippen MR) is 121 cm³/mol. The molecule has 1 aliphatic rings. The summed E-state index contributed by atoms with van der Waals surface area (Å²) < 4.78 is 21.4. The molecule has 0 unspecified atom stereocenters. The van der Waals surface area contributed by atoms with Gasteiger partial charge in [0, 0.05) is 18.9 Å². The van der Waals surface area contributed by atoms with Crippen LogP contribution in [0.2, 0.25) is 0 Å². The summed E-state index contributed by atoms with van der Waals surface area (Å²) in [7, 11) is 4.58. The quantitative estimate of drug-likeness (QED) is 0.537. The van der Waals surface area contributed by atoms with E-state index < -0.39 is 11.8 Å². The number of anilines is 1. The van der Waals surface area contributed by atoms with Crippen molar-refractivity contribution in [3.05, 3.63) is 53.7 Å². The highest BCUT2D eigenvalue weighted by molar-refractivity contribution is 6.36. The topological polar surface area (TPSA) is 86.3 Å². The molecule has 0 radical (unpaired) electrons. The van der Waals surface area contributed by atoms with Gasteiger partial charge >= 0.3 is 0 Å². The van der Waals surface area contributed by atoms with E-state index in [0.717, 1.165) is 6.42 Å². The fraction of sp³-hybridized carbons (Fsp3) is 0.333. The van der Waals surface area contributed by atoms with Crippen LogP contribution in [0.15, 0.2) is 48.2 Å². The normalized spacial score (nSPS) is 13.6. The number of rotatable bonds is 11. The zero-order valence-electron chi connectivity index (χ0n) is 18.8. The number of carbonyl (C=O) groups excluding carboxylic acids is 2. The summed E-state index contributed by atoms with van der Waals surface area (Å²) >= 11 is 0. The number of amides is 2. The fourth-order valence-electron chi connectivity index (χ4n) is 3.37. The van der Waals surface area contributed by atoms with Gasteiger partial charge in [0.1, 0.15) is 11.4 Å². The van der Waals surface area contributed by atoms with Gasteiger partial charge in [0.15, 0.2) is 11.5 Å². The van der Waals surface area contributed by atoms with Gasteiger partial charge in [-0.1, -0.05) is 19.1 Å². The lowest BCUT2D eigenvalue weighted by atomic mass is 10.0. The first-order valence-corrected chi connectivity index (χ1v) is 10.4. The molecule has 0 aliphatic carbocycles. The summed E-state index contributed by atoms with van der Waals surface area (Å²) in [5, 5.41) is 3.13. The highest BCUT2D eigenvalue weighted by atomic mass is 16.5. The molecule has 0 spiro atoms. The molecule has 1 heterocycles. The van der Waals surface area contributed by atoms with Crippen molar-refractivity contribution in [2.45, 2.75) is 13.3 Å². The maximum absolute atomic E-state index is 13.2. The minimum atomic E-state index is -0.420. The molecule has 3 rings (SSSR count). The van der Waals surface area contributed by atoms with Crippen molar-refractivity contribution in [2.24, 2.45) is 0 Å². The van der Waals surface area contributed by atoms with Gasteiger partial charge < -0.3 is 24.3 Å². The molecule has 0 saturated heterocycles. The molecule has 32 heavy (non-hydrogen) atoms. The molecule has 0 atom stereocenters. The number of hydrogen-bond donors (Lipinski definition) is 1. The van der Waals surface area contributed by atoms with E-state index in [1.165, 1.54) is 26.2 Å². The first kappa shape index (κ1) is 23.1. The average molecular weight is 440 g/mol. The monoisotopic (exact) mass is 440 g/mol. The van der Waals surface area contributed by atoms with Gasteiger partial charge in [-0.2, -0.15) is 0 Å². The van der Waals surface area contributed by atoms with Crippen LogP contribution >= 0.6 is 0 Å². The molecule has 0 saturated carbocycles. The van der Waals surface area contributed by atoms with Gasteiger partial charge in [0.2, 0.25) is 0 Å². The number of methoxy groups -OCH3 is 3. The summed E-state index contributed by atoms with van der Waals surface area (Å²) in [4.78, 5) is 27.6. The standard InChI is InChI=1S/C24H28N2O6/c1-5-12-32-18-8-6-7-17(15-18)25-22-21(23(27)26(24(22)28)11-13-29-2)16-9-10-19(30-3)20(14-16)31-4/h6-10,14-15,25H,5,11-13H2,1-4H3. The molecule has 8 nitrogen and oxygen atoms in total. The minimum Gasteiger partial charge on any atom is -0.494 e. The highest BCUT2D eigenvalue weighted by Gasteiger charge is 2.39. The molecule has 2 amide bonds. The highest BCUT2D eigenvalue weighted by Crippen LogP contribution is 2.35. The third kappa shape index (κ3) is 4.86. The molecule has 2 aromatic rings. The van der Waals surface area contributed by atoms with Crippen LogP contribution in [0.3, 0.4) is 0 Å². The molecule has 0 bridgehead atoms. The maximum Gasteiger partial charge on any atom is 0.278 e. The molecule has 1 aliphatic heterocycles. The van der Waals surface area contributed by atoms with E-state index in [1.807, 2.05) is 25.1 Å². The van der Waals surface area contributed by atoms with Gasteiger partial charge in [-0.15, -0.1) is 0 Å². The smallest absolute Gasteiger partial charge is 0.278 e. The van der Waals surface area contributed by atoms with Gasteiger partial charge in [-0.05, 0) is 36.2 Å². The molecule has 170 valence electrons. The molecule has 1 N–H and O–H groups in total. The van der Waals surface area contributed by atoms with Crippen molar-refractivity contribution in [1.82, 2.24) is 4.90 Å². The van der Waals surface area contributed by atoms with Gasteiger partial charge in [-0.25, -0.2) is 0 Å². The molecular weight excluding hydrogens is 412 g/mol. The SMILES string of the molecule is CCCOc1cccc(NC2=C(c3ccc(OC)c(OC)c3)C(=O)N(CCOC)C2=O)c1. The Morgan fingerprint density at radius 2 is 1.69 bits per heavy atom. The molecule has 0 fully saturated rings. The van der Waals surface area contributed by atoms with Crippen molar-refractivity contribution in [1.29, 1.82) is 0 Å². The van der Waals surface area contributed by atoms with Crippen LogP contribution in [0.5, 0.6) is 17.2 Å². The number of hydrogen-bond acceptors (Lipinski definition) is 7. The first-order valence-electron chi connectivity index (χ1n) is 10.4. The molecule has 2 aromatic carbocycles. The van der Waals surface area contributed by atoms with Crippen LogP contribution in [-0.2, 0) is 14.3 Å². The van der Waals surface area contributed by atoms with E-state index in [0.29, 0.717) is 35.1 Å². The number of ether oxygens (including phenoxy) is 4. The van der Waals surface area contributed by atoms with Crippen molar-refractivity contribution in [2.75, 3.05) is 46.4 Å². The zero-order chi connectivity index (χ0) is 23.1. The van der Waals surface area contributed by atoms with Crippen LogP contribution in [-0.4, -0.2) is 57.8 Å². The van der Waals surface area contributed by atoms with E-state index in [9.17, 15) is 9.59 Å². The number of nitrogens with one attached hydrogen (secondary N) is 1. The summed E-state index contributed by atoms with van der Waals surface area (Å²) in [5.41, 5.74) is 1.63. The van der Waals surface area contributed by atoms with E-state index in [2.05, 4.69) is 5.32 Å². The van der Waals surface area contributed by atoms with Crippen LogP contribution in [0.1, 0.15) is 18.9 Å². The Morgan fingerprint density at radius 1 is 0.906 bits per heavy atom. The number of imide groups is 1. The lowest BCUT2D eigenvalue weighted by Gasteiger charge is -2.14. The van der Waals surface area contributed by atoms with Crippen molar-refractivity contribution in [3.8, 4) is 17.2 Å². The molecule has 0 aromatic heterocycles. The largest absolute Gasteiger partial charge is 0.494 e. The summed E-state index contributed by atoms with van der Waals surface area (Å²) in [6.07, 6.45) is 0.883. The predicted octanol–water partition coefficient (Wildman–Crippen LogP) is 3.33. The minimum absolute atomic E-state index is 0.149. The first-order chi connectivity index (χ1) is 15.5. The van der Waals surface area contributed by atoms with E-state index >= 15 is 0 Å². The fourth-order valence-corrected chi connectivity index (χ4v) is 3.37. The van der Waals surface area contributed by atoms with Crippen molar-refractivity contribution in [3.63, 3.8) is 0 Å². The van der Waals surface area contributed by atoms with Crippen molar-refractivity contribution >= 4 is 23.1 Å². The van der Waals surface area contributed by atoms with Gasteiger partial charge in [-0.3, -0.25) is 14.5 Å². The second-order valence-corrected chi connectivity index (χ2v) is 7.08. The Morgan fingerprint density at radius 3 is 2.38 bits per heavy atom.